The van der Waals surface area contributed by atoms with Crippen molar-refractivity contribution >= 4 is 42.3 Å². The van der Waals surface area contributed by atoms with Crippen molar-refractivity contribution in [2.45, 2.75) is 13.5 Å². The number of nitrogens with two attached hydrogens (primary N) is 1. The van der Waals surface area contributed by atoms with Crippen LogP contribution in [0.4, 0.5) is 0 Å². The lowest BCUT2D eigenvalue weighted by Gasteiger charge is -1.98. The van der Waals surface area contributed by atoms with E-state index in [4.69, 9.17) is 17.3 Å². The van der Waals surface area contributed by atoms with Crippen molar-refractivity contribution in [3.05, 3.63) is 29.6 Å². The van der Waals surface area contributed by atoms with E-state index in [1.165, 1.54) is 0 Å². The Balaban J connectivity index is 0. The number of pyridine rings is 1. The van der Waals surface area contributed by atoms with Gasteiger partial charge in [-0.3, -0.25) is 9.98 Å². The van der Waals surface area contributed by atoms with Crippen LogP contribution in [0.2, 0.25) is 0 Å². The van der Waals surface area contributed by atoms with E-state index in [1.807, 2.05) is 25.1 Å². The highest BCUT2D eigenvalue weighted by Crippen LogP contribution is 1.99. The zero-order valence-corrected chi connectivity index (χ0v) is 10.7. The molecule has 0 aromatic carbocycles. The molecule has 1 heterocycles. The SMILES string of the molecule is Cc1cccc(CN=C(N)CCl)n1.Cl.Cl. The topological polar surface area (TPSA) is 51.3 Å². The van der Waals surface area contributed by atoms with E-state index >= 15 is 0 Å². The van der Waals surface area contributed by atoms with Gasteiger partial charge >= 0.3 is 0 Å². The molecule has 0 aliphatic heterocycles. The van der Waals surface area contributed by atoms with Gasteiger partial charge in [-0.15, -0.1) is 36.4 Å². The first-order chi connectivity index (χ1) is 6.22. The van der Waals surface area contributed by atoms with Gasteiger partial charge in [-0.2, -0.15) is 0 Å². The molecule has 1 rings (SSSR count). The normalized spacial score (nSPS) is 10.1. The standard InChI is InChI=1S/C9H12ClN3.2ClH/c1-7-3-2-4-8(13-7)6-12-9(11)5-10;;/h2-4H,5-6H2,1H3,(H2,11,12);2*1H. The lowest BCUT2D eigenvalue weighted by atomic mass is 10.3. The van der Waals surface area contributed by atoms with Crippen LogP contribution in [-0.4, -0.2) is 16.7 Å². The molecule has 0 aliphatic rings. The zero-order valence-electron chi connectivity index (χ0n) is 8.31. The van der Waals surface area contributed by atoms with E-state index in [-0.39, 0.29) is 30.7 Å². The number of amidine groups is 1. The number of hydrogen-bond donors (Lipinski definition) is 1. The summed E-state index contributed by atoms with van der Waals surface area (Å²) in [5.41, 5.74) is 7.34. The Morgan fingerprint density at radius 1 is 1.47 bits per heavy atom. The third-order valence-electron chi connectivity index (χ3n) is 1.53. The molecular weight excluding hydrogens is 256 g/mol. The molecule has 1 aromatic heterocycles. The van der Waals surface area contributed by atoms with Crippen LogP contribution in [0.3, 0.4) is 0 Å². The fraction of sp³-hybridized carbons (Fsp3) is 0.333. The van der Waals surface area contributed by atoms with Gasteiger partial charge in [-0.05, 0) is 19.1 Å². The number of aryl methyl sites for hydroxylation is 1. The van der Waals surface area contributed by atoms with Gasteiger partial charge in [0.05, 0.1) is 18.1 Å². The highest BCUT2D eigenvalue weighted by molar-refractivity contribution is 6.27. The minimum atomic E-state index is 0. The van der Waals surface area contributed by atoms with Crippen molar-refractivity contribution in [2.75, 3.05) is 5.88 Å². The molecule has 0 unspecified atom stereocenters. The average molecular weight is 271 g/mol. The molecule has 0 spiro atoms. The number of rotatable bonds is 3. The number of halogens is 3. The summed E-state index contributed by atoms with van der Waals surface area (Å²) in [6, 6.07) is 5.81. The minimum absolute atomic E-state index is 0. The first-order valence-corrected chi connectivity index (χ1v) is 4.53. The van der Waals surface area contributed by atoms with Crippen LogP contribution in [-0.2, 0) is 6.54 Å². The predicted octanol–water partition coefficient (Wildman–Crippen LogP) is 2.33. The predicted molar refractivity (Wildman–Crippen MR) is 69.5 cm³/mol. The zero-order chi connectivity index (χ0) is 9.68. The highest BCUT2D eigenvalue weighted by atomic mass is 35.5. The monoisotopic (exact) mass is 269 g/mol. The molecule has 0 saturated heterocycles. The Labute approximate surface area is 107 Å². The Bertz CT molecular complexity index is 315. The molecule has 1 aromatic rings. The maximum Gasteiger partial charge on any atom is 0.109 e. The molecule has 6 heteroatoms. The van der Waals surface area contributed by atoms with Crippen LogP contribution in [0.5, 0.6) is 0 Å². The number of nitrogens with zero attached hydrogens (tertiary/aromatic N) is 2. The maximum absolute atomic E-state index is 5.47. The number of aliphatic imine (C=N–C) groups is 1. The summed E-state index contributed by atoms with van der Waals surface area (Å²) < 4.78 is 0. The number of aromatic nitrogens is 1. The van der Waals surface area contributed by atoms with E-state index < -0.39 is 0 Å². The molecular formula is C9H14Cl3N3. The van der Waals surface area contributed by atoms with Crippen LogP contribution < -0.4 is 5.73 Å². The summed E-state index contributed by atoms with van der Waals surface area (Å²) in [7, 11) is 0. The molecule has 0 fully saturated rings. The Kier molecular flexibility index (Phi) is 9.88. The van der Waals surface area contributed by atoms with Crippen molar-refractivity contribution in [3.8, 4) is 0 Å². The van der Waals surface area contributed by atoms with Crippen molar-refractivity contribution in [2.24, 2.45) is 10.7 Å². The van der Waals surface area contributed by atoms with Crippen molar-refractivity contribution in [3.63, 3.8) is 0 Å². The third kappa shape index (κ3) is 6.55. The Hall–Kier alpha value is -0.510. The van der Waals surface area contributed by atoms with Crippen LogP contribution in [0, 0.1) is 6.92 Å². The van der Waals surface area contributed by atoms with E-state index in [2.05, 4.69) is 9.98 Å². The highest BCUT2D eigenvalue weighted by Gasteiger charge is 1.93. The molecule has 0 radical (unpaired) electrons. The Morgan fingerprint density at radius 2 is 2.13 bits per heavy atom. The molecule has 0 amide bonds. The van der Waals surface area contributed by atoms with Gasteiger partial charge in [-0.1, -0.05) is 6.07 Å². The van der Waals surface area contributed by atoms with Crippen molar-refractivity contribution in [1.82, 2.24) is 4.98 Å². The molecule has 0 bridgehead atoms. The maximum atomic E-state index is 5.47. The van der Waals surface area contributed by atoms with Crippen molar-refractivity contribution in [1.29, 1.82) is 0 Å². The third-order valence-corrected chi connectivity index (χ3v) is 1.80. The van der Waals surface area contributed by atoms with E-state index in [0.717, 1.165) is 11.4 Å². The second-order valence-corrected chi connectivity index (χ2v) is 2.98. The summed E-state index contributed by atoms with van der Waals surface area (Å²) >= 11 is 5.47. The molecule has 2 N–H and O–H groups in total. The Morgan fingerprint density at radius 3 is 2.67 bits per heavy atom. The van der Waals surface area contributed by atoms with Crippen LogP contribution in [0.25, 0.3) is 0 Å². The largest absolute Gasteiger partial charge is 0.386 e. The summed E-state index contributed by atoms with van der Waals surface area (Å²) in [5, 5.41) is 0. The average Bonchev–Trinajstić information content (AvgIpc) is 2.14. The van der Waals surface area contributed by atoms with Gasteiger partial charge in [0.25, 0.3) is 0 Å². The smallest absolute Gasteiger partial charge is 0.109 e. The summed E-state index contributed by atoms with van der Waals surface area (Å²) in [5.74, 6) is 0.719. The lowest BCUT2D eigenvalue weighted by Crippen LogP contribution is -2.13. The molecule has 0 aliphatic carbocycles. The van der Waals surface area contributed by atoms with E-state index in [1.54, 1.807) is 0 Å². The quantitative estimate of drug-likeness (QED) is 0.521. The van der Waals surface area contributed by atoms with Gasteiger partial charge in [0.2, 0.25) is 0 Å². The second kappa shape index (κ2) is 8.77. The van der Waals surface area contributed by atoms with Gasteiger partial charge in [0, 0.05) is 5.69 Å². The van der Waals surface area contributed by atoms with Crippen molar-refractivity contribution < 1.29 is 0 Å². The fourth-order valence-corrected chi connectivity index (χ4v) is 0.997. The number of hydrogen-bond acceptors (Lipinski definition) is 2. The minimum Gasteiger partial charge on any atom is -0.386 e. The molecule has 0 saturated carbocycles. The molecule has 3 nitrogen and oxygen atoms in total. The second-order valence-electron chi connectivity index (χ2n) is 2.71. The lowest BCUT2D eigenvalue weighted by molar-refractivity contribution is 0.965. The first kappa shape index (κ1) is 16.9. The van der Waals surface area contributed by atoms with Crippen LogP contribution in [0.15, 0.2) is 23.2 Å². The van der Waals surface area contributed by atoms with Gasteiger partial charge < -0.3 is 5.73 Å². The molecule has 86 valence electrons. The summed E-state index contributed by atoms with van der Waals surface area (Å²) in [6.45, 7) is 2.44. The first-order valence-electron chi connectivity index (χ1n) is 3.99. The van der Waals surface area contributed by atoms with E-state index in [0.29, 0.717) is 12.4 Å². The van der Waals surface area contributed by atoms with Gasteiger partial charge in [-0.25, -0.2) is 0 Å². The number of alkyl halides is 1. The molecule has 0 atom stereocenters. The summed E-state index contributed by atoms with van der Waals surface area (Å²) in [6.07, 6.45) is 0. The van der Waals surface area contributed by atoms with E-state index in [9.17, 15) is 0 Å². The fourth-order valence-electron chi connectivity index (χ4n) is 0.912. The van der Waals surface area contributed by atoms with Crippen LogP contribution in [0.1, 0.15) is 11.4 Å². The molecule has 15 heavy (non-hydrogen) atoms. The summed E-state index contributed by atoms with van der Waals surface area (Å²) in [4.78, 5) is 8.33. The van der Waals surface area contributed by atoms with Crippen LogP contribution >= 0.6 is 36.4 Å². The van der Waals surface area contributed by atoms with Gasteiger partial charge in [0.1, 0.15) is 5.84 Å². The van der Waals surface area contributed by atoms with Gasteiger partial charge in [0.15, 0.2) is 0 Å².